The highest BCUT2D eigenvalue weighted by Gasteiger charge is 2.12. The van der Waals surface area contributed by atoms with Gasteiger partial charge in [-0.15, -0.1) is 0 Å². The molecule has 1 rings (SSSR count). The molecule has 0 atom stereocenters. The summed E-state index contributed by atoms with van der Waals surface area (Å²) in [6.45, 7) is -2.87. The molecule has 0 unspecified atom stereocenters. The maximum Gasteiger partial charge on any atom is 0.387 e. The van der Waals surface area contributed by atoms with Gasteiger partial charge in [-0.05, 0) is 18.9 Å². The van der Waals surface area contributed by atoms with Crippen LogP contribution in [0.25, 0.3) is 0 Å². The number of carbonyl (C=O) groups is 1. The molecule has 0 heterocycles. The first-order chi connectivity index (χ1) is 7.69. The van der Waals surface area contributed by atoms with Gasteiger partial charge in [-0.3, -0.25) is 4.79 Å². The molecule has 0 saturated carbocycles. The van der Waals surface area contributed by atoms with E-state index in [0.717, 1.165) is 11.8 Å². The number of halogens is 3. The fourth-order valence-electron chi connectivity index (χ4n) is 1.41. The van der Waals surface area contributed by atoms with Gasteiger partial charge in [0, 0.05) is 16.5 Å². The van der Waals surface area contributed by atoms with Crippen LogP contribution in [0.15, 0.2) is 18.2 Å². The van der Waals surface area contributed by atoms with Gasteiger partial charge in [-0.2, -0.15) is 8.78 Å². The largest absolute Gasteiger partial charge is 0.435 e. The molecule has 0 bridgehead atoms. The molecule has 2 nitrogen and oxygen atoms in total. The predicted molar refractivity (Wildman–Crippen MR) is 60.6 cm³/mol. The number of aldehydes is 1. The zero-order chi connectivity index (χ0) is 12.0. The molecule has 0 aliphatic heterocycles. The lowest BCUT2D eigenvalue weighted by Gasteiger charge is -2.11. The average molecular weight is 293 g/mol. The van der Waals surface area contributed by atoms with E-state index >= 15 is 0 Å². The summed E-state index contributed by atoms with van der Waals surface area (Å²) in [4.78, 5) is 10.8. The minimum Gasteiger partial charge on any atom is -0.435 e. The van der Waals surface area contributed by atoms with Crippen LogP contribution in [0.4, 0.5) is 8.78 Å². The van der Waals surface area contributed by atoms with E-state index in [9.17, 15) is 13.6 Å². The van der Waals surface area contributed by atoms with E-state index in [4.69, 9.17) is 0 Å². The number of benzene rings is 1. The smallest absolute Gasteiger partial charge is 0.387 e. The first-order valence-electron chi connectivity index (χ1n) is 4.77. The molecule has 0 aromatic heterocycles. The van der Waals surface area contributed by atoms with Crippen molar-refractivity contribution in [2.45, 2.75) is 19.5 Å². The molecule has 0 radical (unpaired) electrons. The minimum absolute atomic E-state index is 0.0838. The van der Waals surface area contributed by atoms with Crippen molar-refractivity contribution in [2.24, 2.45) is 0 Å². The van der Waals surface area contributed by atoms with E-state index in [1.807, 2.05) is 0 Å². The van der Waals surface area contributed by atoms with Crippen LogP contribution in [0.1, 0.15) is 22.3 Å². The Morgan fingerprint density at radius 3 is 2.75 bits per heavy atom. The molecule has 0 aliphatic rings. The minimum atomic E-state index is -2.87. The Bertz CT molecular complexity index is 356. The summed E-state index contributed by atoms with van der Waals surface area (Å²) in [7, 11) is 0. The van der Waals surface area contributed by atoms with Crippen molar-refractivity contribution in [2.75, 3.05) is 5.33 Å². The van der Waals surface area contributed by atoms with Crippen molar-refractivity contribution in [1.29, 1.82) is 0 Å². The zero-order valence-corrected chi connectivity index (χ0v) is 10.0. The van der Waals surface area contributed by atoms with Crippen molar-refractivity contribution in [3.8, 4) is 5.75 Å². The second kappa shape index (κ2) is 6.58. The quantitative estimate of drug-likeness (QED) is 0.593. The van der Waals surface area contributed by atoms with Crippen LogP contribution < -0.4 is 4.74 Å². The van der Waals surface area contributed by atoms with Gasteiger partial charge in [0.15, 0.2) is 0 Å². The fraction of sp³-hybridized carbons (Fsp3) is 0.364. The van der Waals surface area contributed by atoms with Gasteiger partial charge in [-0.1, -0.05) is 28.1 Å². The van der Waals surface area contributed by atoms with Crippen LogP contribution >= 0.6 is 15.9 Å². The van der Waals surface area contributed by atoms with Gasteiger partial charge in [-0.25, -0.2) is 0 Å². The number of ether oxygens (including phenoxy) is 1. The molecule has 0 amide bonds. The maximum atomic E-state index is 12.1. The standard InChI is InChI=1S/C11H11BrF2O2/c12-6-2-4-9-8(7-15)3-1-5-10(9)16-11(13)14/h1,3,5,7,11H,2,4,6H2. The molecule has 0 saturated heterocycles. The molecule has 0 aliphatic carbocycles. The van der Waals surface area contributed by atoms with Gasteiger partial charge >= 0.3 is 6.61 Å². The van der Waals surface area contributed by atoms with Crippen molar-refractivity contribution in [3.05, 3.63) is 29.3 Å². The lowest BCUT2D eigenvalue weighted by molar-refractivity contribution is -0.0504. The van der Waals surface area contributed by atoms with E-state index in [-0.39, 0.29) is 5.75 Å². The lowest BCUT2D eigenvalue weighted by Crippen LogP contribution is -2.06. The van der Waals surface area contributed by atoms with Gasteiger partial charge in [0.2, 0.25) is 0 Å². The highest BCUT2D eigenvalue weighted by atomic mass is 79.9. The second-order valence-electron chi connectivity index (χ2n) is 3.11. The van der Waals surface area contributed by atoms with Crippen LogP contribution in [-0.4, -0.2) is 18.2 Å². The number of rotatable bonds is 6. The number of hydrogen-bond donors (Lipinski definition) is 0. The van der Waals surface area contributed by atoms with Crippen molar-refractivity contribution in [1.82, 2.24) is 0 Å². The summed E-state index contributed by atoms with van der Waals surface area (Å²) < 4.78 is 28.7. The highest BCUT2D eigenvalue weighted by molar-refractivity contribution is 9.09. The SMILES string of the molecule is O=Cc1cccc(OC(F)F)c1CCCBr. The Morgan fingerprint density at radius 1 is 1.44 bits per heavy atom. The van der Waals surface area contributed by atoms with Crippen molar-refractivity contribution < 1.29 is 18.3 Å². The Balaban J connectivity index is 2.99. The second-order valence-corrected chi connectivity index (χ2v) is 3.91. The number of hydrogen-bond acceptors (Lipinski definition) is 2. The van der Waals surface area contributed by atoms with Crippen LogP contribution in [0.2, 0.25) is 0 Å². The summed E-state index contributed by atoms with van der Waals surface area (Å²) >= 11 is 3.25. The normalized spacial score (nSPS) is 10.5. The molecule has 0 N–H and O–H groups in total. The van der Waals surface area contributed by atoms with Gasteiger partial charge < -0.3 is 4.74 Å². The summed E-state index contributed by atoms with van der Waals surface area (Å²) in [6, 6.07) is 4.57. The molecule has 16 heavy (non-hydrogen) atoms. The fourth-order valence-corrected chi connectivity index (χ4v) is 1.69. The van der Waals surface area contributed by atoms with E-state index < -0.39 is 6.61 Å². The molecular weight excluding hydrogens is 282 g/mol. The third-order valence-corrected chi connectivity index (χ3v) is 2.63. The zero-order valence-electron chi connectivity index (χ0n) is 8.46. The van der Waals surface area contributed by atoms with Gasteiger partial charge in [0.1, 0.15) is 12.0 Å². The van der Waals surface area contributed by atoms with E-state index in [1.54, 1.807) is 6.07 Å². The maximum absolute atomic E-state index is 12.1. The Labute approximate surface area is 101 Å². The van der Waals surface area contributed by atoms with Crippen molar-refractivity contribution in [3.63, 3.8) is 0 Å². The molecule has 0 fully saturated rings. The molecule has 5 heteroatoms. The average Bonchev–Trinajstić information content (AvgIpc) is 2.26. The number of alkyl halides is 3. The highest BCUT2D eigenvalue weighted by Crippen LogP contribution is 2.25. The Hall–Kier alpha value is -0.970. The van der Waals surface area contributed by atoms with Gasteiger partial charge in [0.05, 0.1) is 0 Å². The van der Waals surface area contributed by atoms with E-state index in [1.165, 1.54) is 12.1 Å². The molecule has 0 spiro atoms. The third-order valence-electron chi connectivity index (χ3n) is 2.07. The first-order valence-corrected chi connectivity index (χ1v) is 5.89. The Kier molecular flexibility index (Phi) is 5.38. The van der Waals surface area contributed by atoms with Crippen LogP contribution in [0, 0.1) is 0 Å². The third kappa shape index (κ3) is 3.56. The van der Waals surface area contributed by atoms with Gasteiger partial charge in [0.25, 0.3) is 0 Å². The van der Waals surface area contributed by atoms with E-state index in [2.05, 4.69) is 20.7 Å². The Morgan fingerprint density at radius 2 is 2.19 bits per heavy atom. The lowest BCUT2D eigenvalue weighted by atomic mass is 10.0. The monoisotopic (exact) mass is 292 g/mol. The molecule has 1 aromatic carbocycles. The predicted octanol–water partition coefficient (Wildman–Crippen LogP) is 3.43. The van der Waals surface area contributed by atoms with Crippen LogP contribution in [0.3, 0.4) is 0 Å². The summed E-state index contributed by atoms with van der Waals surface area (Å²) in [5.74, 6) is 0.0838. The number of carbonyl (C=O) groups excluding carboxylic acids is 1. The van der Waals surface area contributed by atoms with E-state index in [0.29, 0.717) is 23.8 Å². The topological polar surface area (TPSA) is 26.3 Å². The molecule has 88 valence electrons. The summed E-state index contributed by atoms with van der Waals surface area (Å²) in [6.07, 6.45) is 1.94. The summed E-state index contributed by atoms with van der Waals surface area (Å²) in [5, 5.41) is 0.744. The van der Waals surface area contributed by atoms with Crippen LogP contribution in [-0.2, 0) is 6.42 Å². The molecular formula is C11H11BrF2O2. The van der Waals surface area contributed by atoms with Crippen molar-refractivity contribution >= 4 is 22.2 Å². The first kappa shape index (κ1) is 13.1. The molecule has 1 aromatic rings. The summed E-state index contributed by atoms with van der Waals surface area (Å²) in [5.41, 5.74) is 0.941. The van der Waals surface area contributed by atoms with Crippen LogP contribution in [0.5, 0.6) is 5.75 Å².